The topological polar surface area (TPSA) is 64.3 Å². The molecular formula is C26H22Cl2N2O2. The van der Waals surface area contributed by atoms with E-state index in [0.29, 0.717) is 27.9 Å². The minimum atomic E-state index is -1.04. The van der Waals surface area contributed by atoms with Gasteiger partial charge in [0.2, 0.25) is 0 Å². The van der Waals surface area contributed by atoms with Gasteiger partial charge in [0, 0.05) is 27.5 Å². The SMILES string of the molecule is C=C1C=C(C(=O)O)C=CN1/C(C#N)=C(\CCCC)c1ccccc1-c1ccc(Cl)cc1Cl. The fourth-order valence-corrected chi connectivity index (χ4v) is 4.10. The van der Waals surface area contributed by atoms with Gasteiger partial charge >= 0.3 is 5.97 Å². The van der Waals surface area contributed by atoms with Crippen molar-refractivity contribution in [2.75, 3.05) is 0 Å². The molecule has 2 aromatic carbocycles. The van der Waals surface area contributed by atoms with Crippen molar-refractivity contribution in [1.29, 1.82) is 5.26 Å². The van der Waals surface area contributed by atoms with Gasteiger partial charge in [0.1, 0.15) is 11.8 Å². The quantitative estimate of drug-likeness (QED) is 0.432. The molecule has 2 aromatic rings. The summed E-state index contributed by atoms with van der Waals surface area (Å²) in [6, 6.07) is 15.5. The number of carbonyl (C=O) groups is 1. The average Bonchev–Trinajstić information content (AvgIpc) is 2.77. The molecule has 0 fully saturated rings. The minimum absolute atomic E-state index is 0.118. The Bertz CT molecular complexity index is 1200. The fraction of sp³-hybridized carbons (Fsp3) is 0.154. The number of hydrogen-bond donors (Lipinski definition) is 1. The first-order valence-corrected chi connectivity index (χ1v) is 10.9. The molecule has 0 saturated carbocycles. The van der Waals surface area contributed by atoms with E-state index in [2.05, 4.69) is 19.6 Å². The number of unbranched alkanes of at least 4 members (excludes halogenated alkanes) is 1. The number of hydrogen-bond acceptors (Lipinski definition) is 3. The second kappa shape index (κ2) is 10.4. The number of allylic oxidation sites excluding steroid dienone is 3. The van der Waals surface area contributed by atoms with Crippen molar-refractivity contribution in [3.63, 3.8) is 0 Å². The molecule has 0 unspecified atom stereocenters. The Morgan fingerprint density at radius 2 is 1.94 bits per heavy atom. The molecule has 0 bridgehead atoms. The van der Waals surface area contributed by atoms with Crippen LogP contribution in [0.4, 0.5) is 0 Å². The third-order valence-electron chi connectivity index (χ3n) is 5.17. The van der Waals surface area contributed by atoms with Gasteiger partial charge in [0.05, 0.1) is 5.57 Å². The molecule has 32 heavy (non-hydrogen) atoms. The van der Waals surface area contributed by atoms with Gasteiger partial charge in [-0.15, -0.1) is 0 Å². The van der Waals surface area contributed by atoms with Crippen LogP contribution < -0.4 is 0 Å². The van der Waals surface area contributed by atoms with Crippen LogP contribution in [0, 0.1) is 11.3 Å². The number of halogens is 2. The van der Waals surface area contributed by atoms with E-state index in [9.17, 15) is 15.2 Å². The van der Waals surface area contributed by atoms with Gasteiger partial charge in [-0.25, -0.2) is 4.79 Å². The van der Waals surface area contributed by atoms with E-state index < -0.39 is 5.97 Å². The number of nitrogens with zero attached hydrogens (tertiary/aromatic N) is 2. The first kappa shape index (κ1) is 23.4. The molecule has 1 aliphatic rings. The van der Waals surface area contributed by atoms with Crippen molar-refractivity contribution >= 4 is 34.7 Å². The van der Waals surface area contributed by atoms with Crippen LogP contribution in [0.15, 0.2) is 84.4 Å². The molecule has 0 amide bonds. The molecule has 0 saturated heterocycles. The van der Waals surface area contributed by atoms with Crippen LogP contribution in [0.25, 0.3) is 16.7 Å². The molecule has 0 aliphatic carbocycles. The van der Waals surface area contributed by atoms with Gasteiger partial charge in [-0.1, -0.05) is 73.5 Å². The summed E-state index contributed by atoms with van der Waals surface area (Å²) in [7, 11) is 0. The van der Waals surface area contributed by atoms with Gasteiger partial charge in [0.15, 0.2) is 0 Å². The Morgan fingerprint density at radius 3 is 2.56 bits per heavy atom. The summed E-state index contributed by atoms with van der Waals surface area (Å²) in [6.45, 7) is 6.06. The van der Waals surface area contributed by atoms with Crippen molar-refractivity contribution in [3.05, 3.63) is 100.0 Å². The summed E-state index contributed by atoms with van der Waals surface area (Å²) in [5.41, 5.74) is 4.37. The zero-order chi connectivity index (χ0) is 23.3. The third-order valence-corrected chi connectivity index (χ3v) is 5.72. The maximum absolute atomic E-state index is 11.3. The van der Waals surface area contributed by atoms with E-state index in [1.54, 1.807) is 23.2 Å². The molecule has 0 radical (unpaired) electrons. The molecule has 0 aromatic heterocycles. The van der Waals surface area contributed by atoms with Crippen molar-refractivity contribution in [2.24, 2.45) is 0 Å². The molecule has 0 spiro atoms. The molecule has 1 heterocycles. The lowest BCUT2D eigenvalue weighted by Crippen LogP contribution is -2.19. The van der Waals surface area contributed by atoms with E-state index in [1.165, 1.54) is 12.2 Å². The monoisotopic (exact) mass is 464 g/mol. The number of carboxylic acids is 1. The van der Waals surface area contributed by atoms with Crippen molar-refractivity contribution in [3.8, 4) is 17.2 Å². The predicted molar refractivity (Wildman–Crippen MR) is 130 cm³/mol. The highest BCUT2D eigenvalue weighted by atomic mass is 35.5. The van der Waals surface area contributed by atoms with E-state index in [-0.39, 0.29) is 5.57 Å². The van der Waals surface area contributed by atoms with Gasteiger partial charge in [0.25, 0.3) is 0 Å². The fourth-order valence-electron chi connectivity index (χ4n) is 3.59. The lowest BCUT2D eigenvalue weighted by Gasteiger charge is -2.26. The molecule has 6 heteroatoms. The van der Waals surface area contributed by atoms with Gasteiger partial charge in [-0.05, 0) is 53.8 Å². The molecule has 1 N–H and O–H groups in total. The molecular weight excluding hydrogens is 443 g/mol. The number of rotatable bonds is 7. The standard InChI is InChI=1S/C26H22Cl2N2O2/c1-3-4-7-23(25(16-29)30-13-12-18(26(31)32)14-17(30)2)21-9-6-5-8-20(21)22-11-10-19(27)15-24(22)28/h5-6,8-15H,2-4,7H2,1H3,(H,31,32)/b25-23+. The highest BCUT2D eigenvalue weighted by Crippen LogP contribution is 2.39. The number of aliphatic carboxylic acids is 1. The minimum Gasteiger partial charge on any atom is -0.478 e. The van der Waals surface area contributed by atoms with Crippen molar-refractivity contribution in [1.82, 2.24) is 4.90 Å². The summed E-state index contributed by atoms with van der Waals surface area (Å²) < 4.78 is 0. The second-order valence-corrected chi connectivity index (χ2v) is 8.14. The molecule has 3 rings (SSSR count). The summed E-state index contributed by atoms with van der Waals surface area (Å²) in [4.78, 5) is 13.0. The van der Waals surface area contributed by atoms with Crippen molar-refractivity contribution < 1.29 is 9.90 Å². The number of carboxylic acid groups (broad SMARTS) is 1. The Labute approximate surface area is 198 Å². The molecule has 162 valence electrons. The molecule has 4 nitrogen and oxygen atoms in total. The first-order valence-electron chi connectivity index (χ1n) is 10.2. The second-order valence-electron chi connectivity index (χ2n) is 7.29. The molecule has 1 aliphatic heterocycles. The molecule has 0 atom stereocenters. The van der Waals surface area contributed by atoms with Crippen LogP contribution in [0.2, 0.25) is 10.0 Å². The maximum atomic E-state index is 11.3. The van der Waals surface area contributed by atoms with Crippen LogP contribution in [-0.4, -0.2) is 16.0 Å². The number of benzene rings is 2. The first-order chi connectivity index (χ1) is 15.4. The van der Waals surface area contributed by atoms with Crippen LogP contribution in [-0.2, 0) is 4.79 Å². The lowest BCUT2D eigenvalue weighted by atomic mass is 9.90. The predicted octanol–water partition coefficient (Wildman–Crippen LogP) is 7.44. The largest absolute Gasteiger partial charge is 0.478 e. The smallest absolute Gasteiger partial charge is 0.335 e. The van der Waals surface area contributed by atoms with Gasteiger partial charge in [-0.3, -0.25) is 0 Å². The highest BCUT2D eigenvalue weighted by Gasteiger charge is 2.22. The summed E-state index contributed by atoms with van der Waals surface area (Å²) in [6.07, 6.45) is 6.99. The summed E-state index contributed by atoms with van der Waals surface area (Å²) in [5, 5.41) is 20.5. The Morgan fingerprint density at radius 1 is 1.19 bits per heavy atom. The normalized spacial score (nSPS) is 14.0. The summed E-state index contributed by atoms with van der Waals surface area (Å²) in [5.74, 6) is -1.04. The Kier molecular flexibility index (Phi) is 7.58. The van der Waals surface area contributed by atoms with Gasteiger partial charge < -0.3 is 10.0 Å². The third kappa shape index (κ3) is 4.96. The zero-order valence-electron chi connectivity index (χ0n) is 17.6. The van der Waals surface area contributed by atoms with Crippen LogP contribution in [0.5, 0.6) is 0 Å². The highest BCUT2D eigenvalue weighted by molar-refractivity contribution is 6.36. The summed E-state index contributed by atoms with van der Waals surface area (Å²) >= 11 is 12.6. The average molecular weight is 465 g/mol. The van der Waals surface area contributed by atoms with E-state index in [1.807, 2.05) is 30.3 Å². The van der Waals surface area contributed by atoms with Crippen molar-refractivity contribution in [2.45, 2.75) is 26.2 Å². The van der Waals surface area contributed by atoms with Crippen LogP contribution in [0.1, 0.15) is 31.7 Å². The maximum Gasteiger partial charge on any atom is 0.335 e. The number of nitriles is 1. The van der Waals surface area contributed by atoms with E-state index in [0.717, 1.165) is 35.1 Å². The Balaban J connectivity index is 2.20. The van der Waals surface area contributed by atoms with E-state index in [4.69, 9.17) is 23.2 Å². The Hall–Kier alpha value is -3.26. The van der Waals surface area contributed by atoms with Crippen LogP contribution in [0.3, 0.4) is 0 Å². The van der Waals surface area contributed by atoms with Gasteiger partial charge in [-0.2, -0.15) is 5.26 Å². The van der Waals surface area contributed by atoms with Crippen LogP contribution >= 0.6 is 23.2 Å². The zero-order valence-corrected chi connectivity index (χ0v) is 19.1. The van der Waals surface area contributed by atoms with E-state index >= 15 is 0 Å². The lowest BCUT2D eigenvalue weighted by molar-refractivity contribution is -0.132.